The summed E-state index contributed by atoms with van der Waals surface area (Å²) in [7, 11) is 0. The third-order valence-corrected chi connectivity index (χ3v) is 3.74. The van der Waals surface area contributed by atoms with Gasteiger partial charge in [0, 0.05) is 18.8 Å². The van der Waals surface area contributed by atoms with Crippen LogP contribution in [0.15, 0.2) is 24.3 Å². The zero-order valence-electron chi connectivity index (χ0n) is 12.8. The first-order valence-electron chi connectivity index (χ1n) is 7.31. The number of rotatable bonds is 8. The molecule has 2 nitrogen and oxygen atoms in total. The summed E-state index contributed by atoms with van der Waals surface area (Å²) in [6.07, 6.45) is 3.38. The Labute approximate surface area is 127 Å². The van der Waals surface area contributed by atoms with Crippen LogP contribution >= 0.6 is 11.6 Å². The molecule has 0 bridgehead atoms. The number of benzene rings is 1. The number of amides is 1. The number of hydrogen-bond donors (Lipinski definition) is 1. The van der Waals surface area contributed by atoms with Gasteiger partial charge in [-0.15, -0.1) is 11.6 Å². The van der Waals surface area contributed by atoms with Crippen LogP contribution in [0.2, 0.25) is 0 Å². The lowest BCUT2D eigenvalue weighted by molar-refractivity contribution is -0.121. The van der Waals surface area contributed by atoms with E-state index in [1.54, 1.807) is 0 Å². The molecule has 0 saturated carbocycles. The van der Waals surface area contributed by atoms with Crippen molar-refractivity contribution >= 4 is 17.5 Å². The number of carbonyl (C=O) groups is 1. The molecule has 20 heavy (non-hydrogen) atoms. The molecule has 1 rings (SSSR count). The van der Waals surface area contributed by atoms with Crippen molar-refractivity contribution in [2.24, 2.45) is 5.41 Å². The molecule has 0 fully saturated rings. The van der Waals surface area contributed by atoms with E-state index in [-0.39, 0.29) is 11.3 Å². The van der Waals surface area contributed by atoms with Gasteiger partial charge in [-0.05, 0) is 37.2 Å². The van der Waals surface area contributed by atoms with Crippen LogP contribution in [-0.4, -0.2) is 18.3 Å². The summed E-state index contributed by atoms with van der Waals surface area (Å²) >= 11 is 5.71. The van der Waals surface area contributed by atoms with Gasteiger partial charge in [0.25, 0.3) is 0 Å². The zero-order chi connectivity index (χ0) is 15.0. The second kappa shape index (κ2) is 8.31. The van der Waals surface area contributed by atoms with Crippen molar-refractivity contribution in [3.8, 4) is 0 Å². The number of carbonyl (C=O) groups excluding carboxylic acids is 1. The van der Waals surface area contributed by atoms with E-state index in [0.717, 1.165) is 25.8 Å². The minimum Gasteiger partial charge on any atom is -0.356 e. The van der Waals surface area contributed by atoms with Crippen molar-refractivity contribution in [2.45, 2.75) is 46.5 Å². The van der Waals surface area contributed by atoms with Gasteiger partial charge in [0.2, 0.25) is 5.91 Å². The van der Waals surface area contributed by atoms with Gasteiger partial charge in [0.05, 0.1) is 0 Å². The highest BCUT2D eigenvalue weighted by atomic mass is 35.5. The summed E-state index contributed by atoms with van der Waals surface area (Å²) in [6, 6.07) is 8.32. The Morgan fingerprint density at radius 1 is 1.35 bits per heavy atom. The number of nitrogens with one attached hydrogen (secondary N) is 1. The normalized spacial score (nSPS) is 11.4. The number of aryl methyl sites for hydroxylation is 2. The van der Waals surface area contributed by atoms with E-state index >= 15 is 0 Å². The smallest absolute Gasteiger partial charge is 0.220 e. The van der Waals surface area contributed by atoms with Gasteiger partial charge >= 0.3 is 0 Å². The van der Waals surface area contributed by atoms with Crippen LogP contribution in [0.4, 0.5) is 0 Å². The molecule has 112 valence electrons. The molecule has 0 unspecified atom stereocenters. The maximum atomic E-state index is 11.9. The van der Waals surface area contributed by atoms with E-state index in [0.29, 0.717) is 12.3 Å². The van der Waals surface area contributed by atoms with Gasteiger partial charge in [0.15, 0.2) is 0 Å². The molecular weight excluding hydrogens is 270 g/mol. The van der Waals surface area contributed by atoms with Crippen LogP contribution in [0.5, 0.6) is 0 Å². The van der Waals surface area contributed by atoms with Gasteiger partial charge < -0.3 is 5.32 Å². The van der Waals surface area contributed by atoms with Crippen LogP contribution in [0, 0.1) is 12.3 Å². The Hall–Kier alpha value is -1.02. The van der Waals surface area contributed by atoms with Crippen molar-refractivity contribution in [1.29, 1.82) is 0 Å². The summed E-state index contributed by atoms with van der Waals surface area (Å²) in [5, 5.41) is 3.03. The Morgan fingerprint density at radius 2 is 2.10 bits per heavy atom. The second-order valence-electron chi connectivity index (χ2n) is 6.22. The molecule has 0 saturated heterocycles. The third-order valence-electron chi connectivity index (χ3n) is 3.47. The predicted octanol–water partition coefficient (Wildman–Crippen LogP) is 4.09. The fraction of sp³-hybridized carbons (Fsp3) is 0.588. The fourth-order valence-corrected chi connectivity index (χ4v) is 2.32. The lowest BCUT2D eigenvalue weighted by Gasteiger charge is -2.24. The van der Waals surface area contributed by atoms with Crippen molar-refractivity contribution in [3.05, 3.63) is 35.4 Å². The van der Waals surface area contributed by atoms with Gasteiger partial charge in [-0.25, -0.2) is 0 Å². The first kappa shape index (κ1) is 17.0. The highest BCUT2D eigenvalue weighted by molar-refractivity contribution is 6.17. The highest BCUT2D eigenvalue weighted by Gasteiger charge is 2.18. The third kappa shape index (κ3) is 6.95. The molecule has 0 aliphatic heterocycles. The molecule has 0 spiro atoms. The standard InChI is InChI=1S/C17H26ClNO/c1-14-6-4-7-15(12-14)8-9-16(20)19-13-17(2,3)10-5-11-18/h4,6-7,12H,5,8-11,13H2,1-3H3,(H,19,20). The van der Waals surface area contributed by atoms with Crippen LogP contribution < -0.4 is 5.32 Å². The van der Waals surface area contributed by atoms with E-state index < -0.39 is 0 Å². The molecule has 0 aliphatic rings. The summed E-state index contributed by atoms with van der Waals surface area (Å²) in [5.41, 5.74) is 2.58. The molecule has 0 aliphatic carbocycles. The van der Waals surface area contributed by atoms with Crippen LogP contribution in [-0.2, 0) is 11.2 Å². The molecule has 1 N–H and O–H groups in total. The quantitative estimate of drug-likeness (QED) is 0.719. The van der Waals surface area contributed by atoms with Gasteiger partial charge in [0.1, 0.15) is 0 Å². The van der Waals surface area contributed by atoms with E-state index in [4.69, 9.17) is 11.6 Å². The summed E-state index contributed by atoms with van der Waals surface area (Å²) in [5.74, 6) is 0.815. The molecule has 0 aromatic heterocycles. The first-order chi connectivity index (χ1) is 9.43. The maximum absolute atomic E-state index is 11.9. The highest BCUT2D eigenvalue weighted by Crippen LogP contribution is 2.21. The summed E-state index contributed by atoms with van der Waals surface area (Å²) in [4.78, 5) is 11.9. The minimum absolute atomic E-state index is 0.119. The van der Waals surface area contributed by atoms with Crippen molar-refractivity contribution in [1.82, 2.24) is 5.32 Å². The van der Waals surface area contributed by atoms with Gasteiger partial charge in [-0.1, -0.05) is 43.7 Å². The first-order valence-corrected chi connectivity index (χ1v) is 7.85. The number of alkyl halides is 1. The molecule has 1 aromatic carbocycles. The average Bonchev–Trinajstić information content (AvgIpc) is 2.41. The predicted molar refractivity (Wildman–Crippen MR) is 86.2 cm³/mol. The molecule has 0 heterocycles. The lowest BCUT2D eigenvalue weighted by Crippen LogP contribution is -2.34. The SMILES string of the molecule is Cc1cccc(CCC(=O)NCC(C)(C)CCCCl)c1. The number of hydrogen-bond acceptors (Lipinski definition) is 1. The molecular formula is C17H26ClNO. The zero-order valence-corrected chi connectivity index (χ0v) is 13.6. The Kier molecular flexibility index (Phi) is 7.08. The molecule has 1 amide bonds. The van der Waals surface area contributed by atoms with E-state index in [9.17, 15) is 4.79 Å². The lowest BCUT2D eigenvalue weighted by atomic mass is 9.88. The molecule has 0 radical (unpaired) electrons. The average molecular weight is 296 g/mol. The minimum atomic E-state index is 0.119. The van der Waals surface area contributed by atoms with Crippen molar-refractivity contribution in [2.75, 3.05) is 12.4 Å². The Morgan fingerprint density at radius 3 is 2.75 bits per heavy atom. The largest absolute Gasteiger partial charge is 0.356 e. The summed E-state index contributed by atoms with van der Waals surface area (Å²) in [6.45, 7) is 7.13. The summed E-state index contributed by atoms with van der Waals surface area (Å²) < 4.78 is 0. The van der Waals surface area contributed by atoms with Crippen molar-refractivity contribution in [3.63, 3.8) is 0 Å². The second-order valence-corrected chi connectivity index (χ2v) is 6.60. The number of halogens is 1. The van der Waals surface area contributed by atoms with Crippen LogP contribution in [0.25, 0.3) is 0 Å². The molecule has 0 atom stereocenters. The van der Waals surface area contributed by atoms with Crippen LogP contribution in [0.3, 0.4) is 0 Å². The molecule has 1 aromatic rings. The Bertz CT molecular complexity index is 429. The van der Waals surface area contributed by atoms with E-state index in [1.165, 1.54) is 11.1 Å². The van der Waals surface area contributed by atoms with Crippen molar-refractivity contribution < 1.29 is 4.79 Å². The monoisotopic (exact) mass is 295 g/mol. The molecule has 3 heteroatoms. The van der Waals surface area contributed by atoms with Crippen LogP contribution in [0.1, 0.15) is 44.2 Å². The Balaban J connectivity index is 2.30. The van der Waals surface area contributed by atoms with Gasteiger partial charge in [-0.2, -0.15) is 0 Å². The van der Waals surface area contributed by atoms with Gasteiger partial charge in [-0.3, -0.25) is 4.79 Å². The van der Waals surface area contributed by atoms with E-state index in [1.807, 2.05) is 6.07 Å². The fourth-order valence-electron chi connectivity index (χ4n) is 2.19. The topological polar surface area (TPSA) is 29.1 Å². The maximum Gasteiger partial charge on any atom is 0.220 e. The van der Waals surface area contributed by atoms with E-state index in [2.05, 4.69) is 44.3 Å².